The highest BCUT2D eigenvalue weighted by Crippen LogP contribution is 2.32. The van der Waals surface area contributed by atoms with Crippen molar-refractivity contribution >= 4 is 17.7 Å². The minimum atomic E-state index is 0.135. The third-order valence-corrected chi connectivity index (χ3v) is 5.81. The second-order valence-corrected chi connectivity index (χ2v) is 7.12. The Kier molecular flexibility index (Phi) is 3.85. The summed E-state index contributed by atoms with van der Waals surface area (Å²) < 4.78 is 0. The molecule has 0 radical (unpaired) electrons. The van der Waals surface area contributed by atoms with E-state index in [0.29, 0.717) is 18.0 Å². The Hall–Kier alpha value is -0.220. The molecule has 0 bridgehead atoms. The van der Waals surface area contributed by atoms with Gasteiger partial charge in [0.15, 0.2) is 0 Å². The zero-order valence-corrected chi connectivity index (χ0v) is 12.0. The number of likely N-dealkylation sites (tertiary alicyclic amines) is 1. The molecule has 1 atom stereocenters. The van der Waals surface area contributed by atoms with Crippen LogP contribution in [-0.4, -0.2) is 47.0 Å². The van der Waals surface area contributed by atoms with Crippen molar-refractivity contribution < 1.29 is 4.79 Å². The van der Waals surface area contributed by atoms with Crippen LogP contribution in [0.3, 0.4) is 0 Å². The fourth-order valence-electron chi connectivity index (χ4n) is 3.35. The van der Waals surface area contributed by atoms with Crippen LogP contribution in [0.4, 0.5) is 0 Å². The van der Waals surface area contributed by atoms with E-state index in [4.69, 9.17) is 0 Å². The molecule has 3 aliphatic rings. The molecule has 0 aromatic carbocycles. The summed E-state index contributed by atoms with van der Waals surface area (Å²) in [5.74, 6) is 0.384. The topological polar surface area (TPSA) is 32.3 Å². The molecular weight excluding hydrogens is 244 g/mol. The Morgan fingerprint density at radius 1 is 1.11 bits per heavy atom. The van der Waals surface area contributed by atoms with Gasteiger partial charge in [-0.3, -0.25) is 4.79 Å². The summed E-state index contributed by atoms with van der Waals surface area (Å²) in [5, 5.41) is 4.33. The molecule has 1 aliphatic heterocycles. The number of nitrogens with one attached hydrogen (secondary N) is 1. The van der Waals surface area contributed by atoms with Gasteiger partial charge >= 0.3 is 0 Å². The number of hydrogen-bond acceptors (Lipinski definition) is 3. The Labute approximate surface area is 114 Å². The van der Waals surface area contributed by atoms with Gasteiger partial charge in [-0.05, 0) is 51.2 Å². The van der Waals surface area contributed by atoms with E-state index >= 15 is 0 Å². The average Bonchev–Trinajstić information content (AvgIpc) is 3.15. The number of hydrogen-bond donors (Lipinski definition) is 1. The molecule has 0 spiro atoms. The zero-order valence-electron chi connectivity index (χ0n) is 11.2. The van der Waals surface area contributed by atoms with Gasteiger partial charge in [0.05, 0.1) is 6.04 Å². The lowest BCUT2D eigenvalue weighted by molar-refractivity contribution is -0.131. The van der Waals surface area contributed by atoms with E-state index in [2.05, 4.69) is 16.5 Å². The van der Waals surface area contributed by atoms with E-state index in [1.54, 1.807) is 0 Å². The average molecular weight is 268 g/mol. The van der Waals surface area contributed by atoms with E-state index in [9.17, 15) is 4.79 Å². The van der Waals surface area contributed by atoms with Crippen molar-refractivity contribution in [1.29, 1.82) is 0 Å². The largest absolute Gasteiger partial charge is 0.338 e. The maximum Gasteiger partial charge on any atom is 0.240 e. The number of carbonyl (C=O) groups is 1. The summed E-state index contributed by atoms with van der Waals surface area (Å²) in [4.78, 5) is 14.6. The molecule has 102 valence electrons. The fourth-order valence-corrected chi connectivity index (χ4v) is 4.09. The van der Waals surface area contributed by atoms with Crippen LogP contribution in [0.1, 0.15) is 44.9 Å². The molecule has 4 heteroatoms. The molecule has 3 nitrogen and oxygen atoms in total. The molecule has 18 heavy (non-hydrogen) atoms. The van der Waals surface area contributed by atoms with Gasteiger partial charge in [0.2, 0.25) is 5.91 Å². The highest BCUT2D eigenvalue weighted by Gasteiger charge is 2.39. The second-order valence-electron chi connectivity index (χ2n) is 5.98. The van der Waals surface area contributed by atoms with Gasteiger partial charge < -0.3 is 10.2 Å². The van der Waals surface area contributed by atoms with Crippen molar-refractivity contribution in [1.82, 2.24) is 10.2 Å². The maximum atomic E-state index is 12.4. The summed E-state index contributed by atoms with van der Waals surface area (Å²) in [6, 6.07) is 1.31. The summed E-state index contributed by atoms with van der Waals surface area (Å²) >= 11 is 1.99. The first-order chi connectivity index (χ1) is 8.78. The quantitative estimate of drug-likeness (QED) is 0.846. The molecule has 1 N–H and O–H groups in total. The number of amides is 1. The first-order valence-corrected chi connectivity index (χ1v) is 8.66. The fraction of sp³-hybridized carbons (Fsp3) is 0.929. The summed E-state index contributed by atoms with van der Waals surface area (Å²) in [6.07, 6.45) is 10.8. The lowest BCUT2D eigenvalue weighted by Gasteiger charge is -2.34. The van der Waals surface area contributed by atoms with Gasteiger partial charge in [0, 0.05) is 23.9 Å². The van der Waals surface area contributed by atoms with Gasteiger partial charge in [-0.25, -0.2) is 0 Å². The Morgan fingerprint density at radius 2 is 1.83 bits per heavy atom. The van der Waals surface area contributed by atoms with E-state index in [1.807, 2.05) is 11.8 Å². The molecule has 1 saturated heterocycles. The van der Waals surface area contributed by atoms with Crippen molar-refractivity contribution in [3.8, 4) is 0 Å². The minimum absolute atomic E-state index is 0.135. The predicted molar refractivity (Wildman–Crippen MR) is 75.8 cm³/mol. The van der Waals surface area contributed by atoms with Gasteiger partial charge in [-0.2, -0.15) is 11.8 Å². The van der Waals surface area contributed by atoms with E-state index in [-0.39, 0.29) is 6.04 Å². The normalized spacial score (nSPS) is 37.3. The number of nitrogens with zero attached hydrogens (tertiary/aromatic N) is 1. The SMILES string of the molecule is CSC1CCC(N2CCC(NC3CC3)C2=O)CC1. The van der Waals surface area contributed by atoms with Crippen LogP contribution in [0.25, 0.3) is 0 Å². The number of carbonyl (C=O) groups excluding carboxylic acids is 1. The summed E-state index contributed by atoms with van der Waals surface area (Å²) in [7, 11) is 0. The lowest BCUT2D eigenvalue weighted by atomic mass is 9.94. The molecule has 1 unspecified atom stereocenters. The van der Waals surface area contributed by atoms with Crippen molar-refractivity contribution in [2.75, 3.05) is 12.8 Å². The molecule has 3 fully saturated rings. The molecule has 1 amide bonds. The molecule has 3 rings (SSSR count). The highest BCUT2D eigenvalue weighted by atomic mass is 32.2. The first-order valence-electron chi connectivity index (χ1n) is 7.37. The maximum absolute atomic E-state index is 12.4. The monoisotopic (exact) mass is 268 g/mol. The molecule has 1 heterocycles. The van der Waals surface area contributed by atoms with Crippen molar-refractivity contribution in [3.63, 3.8) is 0 Å². The Balaban J connectivity index is 1.52. The van der Waals surface area contributed by atoms with Crippen LogP contribution in [-0.2, 0) is 4.79 Å². The molecule has 0 aromatic rings. The number of thioether (sulfide) groups is 1. The molecule has 0 aromatic heterocycles. The van der Waals surface area contributed by atoms with Crippen LogP contribution in [0.5, 0.6) is 0 Å². The minimum Gasteiger partial charge on any atom is -0.338 e. The van der Waals surface area contributed by atoms with Crippen LogP contribution in [0.2, 0.25) is 0 Å². The van der Waals surface area contributed by atoms with Crippen molar-refractivity contribution in [2.24, 2.45) is 0 Å². The third kappa shape index (κ3) is 2.69. The smallest absolute Gasteiger partial charge is 0.240 e. The molecule has 2 aliphatic carbocycles. The van der Waals surface area contributed by atoms with Crippen LogP contribution >= 0.6 is 11.8 Å². The summed E-state index contributed by atoms with van der Waals surface area (Å²) in [6.45, 7) is 0.984. The van der Waals surface area contributed by atoms with Gasteiger partial charge in [0.25, 0.3) is 0 Å². The standard InChI is InChI=1S/C14H24N2OS/c1-18-12-6-4-11(5-7-12)16-9-8-13(14(16)17)15-10-2-3-10/h10-13,15H,2-9H2,1H3. The highest BCUT2D eigenvalue weighted by molar-refractivity contribution is 7.99. The Morgan fingerprint density at radius 3 is 2.44 bits per heavy atom. The zero-order chi connectivity index (χ0) is 12.5. The van der Waals surface area contributed by atoms with E-state index in [1.165, 1.54) is 38.5 Å². The molecular formula is C14H24N2OS. The molecule has 2 saturated carbocycles. The van der Waals surface area contributed by atoms with Gasteiger partial charge in [0.1, 0.15) is 0 Å². The van der Waals surface area contributed by atoms with Crippen LogP contribution in [0.15, 0.2) is 0 Å². The Bertz CT molecular complexity index is 311. The predicted octanol–water partition coefficient (Wildman–Crippen LogP) is 2.01. The van der Waals surface area contributed by atoms with Crippen molar-refractivity contribution in [2.45, 2.75) is 68.3 Å². The van der Waals surface area contributed by atoms with E-state index < -0.39 is 0 Å². The van der Waals surface area contributed by atoms with Crippen LogP contribution in [0, 0.1) is 0 Å². The number of rotatable bonds is 4. The third-order valence-electron chi connectivity index (χ3n) is 4.67. The lowest BCUT2D eigenvalue weighted by Crippen LogP contribution is -2.44. The first kappa shape index (κ1) is 12.8. The van der Waals surface area contributed by atoms with Crippen molar-refractivity contribution in [3.05, 3.63) is 0 Å². The van der Waals surface area contributed by atoms with Gasteiger partial charge in [-0.1, -0.05) is 0 Å². The summed E-state index contributed by atoms with van der Waals surface area (Å²) in [5.41, 5.74) is 0. The van der Waals surface area contributed by atoms with Crippen LogP contribution < -0.4 is 5.32 Å². The van der Waals surface area contributed by atoms with Gasteiger partial charge in [-0.15, -0.1) is 0 Å². The van der Waals surface area contributed by atoms with E-state index in [0.717, 1.165) is 18.2 Å². The second kappa shape index (κ2) is 5.41.